The van der Waals surface area contributed by atoms with E-state index in [0.717, 1.165) is 15.9 Å². The summed E-state index contributed by atoms with van der Waals surface area (Å²) in [6.45, 7) is 1.31. The normalized spacial score (nSPS) is 12.0. The molecule has 0 spiro atoms. The molecule has 0 radical (unpaired) electrons. The maximum atomic E-state index is 14.7. The number of carbonyl (C=O) groups is 1. The number of hydrogen-bond donors (Lipinski definition) is 1. The lowest BCUT2D eigenvalue weighted by Gasteiger charge is -2.26. The van der Waals surface area contributed by atoms with Crippen molar-refractivity contribution in [1.29, 1.82) is 0 Å². The molecule has 0 heterocycles. The van der Waals surface area contributed by atoms with Gasteiger partial charge < -0.3 is 14.8 Å². The molecule has 1 atom stereocenters. The molecule has 1 amide bonds. The molecule has 34 heavy (non-hydrogen) atoms. The molecule has 9 heteroatoms. The molecule has 0 aliphatic rings. The number of nitrogens with zero attached hydrogens (tertiary/aromatic N) is 1. The number of para-hydroxylation sites is 1. The molecule has 3 rings (SSSR count). The molecule has 1 unspecified atom stereocenters. The van der Waals surface area contributed by atoms with Gasteiger partial charge in [0.05, 0.1) is 30.8 Å². The largest absolute Gasteiger partial charge is 0.497 e. The van der Waals surface area contributed by atoms with Gasteiger partial charge in [0, 0.05) is 0 Å². The number of anilines is 1. The summed E-state index contributed by atoms with van der Waals surface area (Å²) < 4.78 is 52.6. The fraction of sp³-hybridized carbons (Fsp3) is 0.240. The monoisotopic (exact) mass is 486 g/mol. The van der Waals surface area contributed by atoms with Gasteiger partial charge in [-0.3, -0.25) is 9.10 Å². The molecule has 3 aromatic carbocycles. The first-order chi connectivity index (χ1) is 16.3. The molecule has 1 N–H and O–H groups in total. The van der Waals surface area contributed by atoms with Gasteiger partial charge >= 0.3 is 0 Å². The minimum Gasteiger partial charge on any atom is -0.497 e. The third kappa shape index (κ3) is 5.66. The molecule has 7 nitrogen and oxygen atoms in total. The number of ether oxygens (including phenoxy) is 2. The Kier molecular flexibility index (Phi) is 8.12. The Morgan fingerprint density at radius 3 is 2.03 bits per heavy atom. The average molecular weight is 487 g/mol. The van der Waals surface area contributed by atoms with Crippen molar-refractivity contribution in [3.63, 3.8) is 0 Å². The second-order valence-electron chi connectivity index (χ2n) is 7.44. The number of hydrogen-bond acceptors (Lipinski definition) is 5. The van der Waals surface area contributed by atoms with Crippen LogP contribution >= 0.6 is 0 Å². The number of rotatable bonds is 10. The van der Waals surface area contributed by atoms with Gasteiger partial charge in [0.1, 0.15) is 23.9 Å². The topological polar surface area (TPSA) is 84.9 Å². The van der Waals surface area contributed by atoms with E-state index in [2.05, 4.69) is 5.32 Å². The van der Waals surface area contributed by atoms with Crippen LogP contribution in [0.2, 0.25) is 0 Å². The van der Waals surface area contributed by atoms with Gasteiger partial charge in [-0.15, -0.1) is 0 Å². The molecule has 180 valence electrons. The van der Waals surface area contributed by atoms with Crippen LogP contribution in [0.3, 0.4) is 0 Å². The number of carbonyl (C=O) groups excluding carboxylic acids is 1. The highest BCUT2D eigenvalue weighted by atomic mass is 32.2. The van der Waals surface area contributed by atoms with Crippen LogP contribution in [0.4, 0.5) is 10.1 Å². The fourth-order valence-electron chi connectivity index (χ4n) is 3.46. The van der Waals surface area contributed by atoms with E-state index in [1.807, 2.05) is 19.1 Å². The Hall–Kier alpha value is -3.59. The van der Waals surface area contributed by atoms with Gasteiger partial charge in [0.15, 0.2) is 0 Å². The van der Waals surface area contributed by atoms with Gasteiger partial charge in [0.25, 0.3) is 10.0 Å². The van der Waals surface area contributed by atoms with E-state index in [1.54, 1.807) is 19.2 Å². The third-order valence-electron chi connectivity index (χ3n) is 5.32. The van der Waals surface area contributed by atoms with Crippen molar-refractivity contribution in [3.05, 3.63) is 84.2 Å². The van der Waals surface area contributed by atoms with E-state index in [0.29, 0.717) is 17.9 Å². The molecule has 0 bridgehead atoms. The summed E-state index contributed by atoms with van der Waals surface area (Å²) in [6.07, 6.45) is 0.572. The summed E-state index contributed by atoms with van der Waals surface area (Å²) in [5, 5.41) is 2.85. The smallest absolute Gasteiger partial charge is 0.264 e. The number of benzene rings is 3. The fourth-order valence-corrected chi connectivity index (χ4v) is 4.89. The Bertz CT molecular complexity index is 1210. The highest BCUT2D eigenvalue weighted by Crippen LogP contribution is 2.27. The second kappa shape index (κ2) is 11.0. The molecule has 3 aromatic rings. The number of methoxy groups -OCH3 is 2. The first kappa shape index (κ1) is 25.0. The Balaban J connectivity index is 1.90. The van der Waals surface area contributed by atoms with E-state index in [1.165, 1.54) is 49.6 Å². The predicted molar refractivity (Wildman–Crippen MR) is 128 cm³/mol. The number of nitrogens with one attached hydrogen (secondary N) is 1. The van der Waals surface area contributed by atoms with Crippen molar-refractivity contribution >= 4 is 21.6 Å². The lowest BCUT2D eigenvalue weighted by atomic mass is 10.0. The molecular formula is C25H27FN2O5S. The zero-order chi connectivity index (χ0) is 24.7. The molecule has 0 aromatic heterocycles. The average Bonchev–Trinajstić information content (AvgIpc) is 2.86. The quantitative estimate of drug-likeness (QED) is 0.462. The van der Waals surface area contributed by atoms with Gasteiger partial charge in [0.2, 0.25) is 5.91 Å². The van der Waals surface area contributed by atoms with Crippen molar-refractivity contribution in [3.8, 4) is 11.5 Å². The summed E-state index contributed by atoms with van der Waals surface area (Å²) in [4.78, 5) is 12.9. The van der Waals surface area contributed by atoms with Crippen molar-refractivity contribution in [2.75, 3.05) is 25.1 Å². The standard InChI is InChI=1S/C25H27FN2O5S/c1-4-23(18-9-11-19(32-2)12-10-18)27-25(29)17-28(24-8-6-5-7-22(24)26)34(30,31)21-15-13-20(33-3)14-16-21/h5-16,23H,4,17H2,1-3H3,(H,27,29). The first-order valence-electron chi connectivity index (χ1n) is 10.6. The van der Waals surface area contributed by atoms with Crippen molar-refractivity contribution in [2.45, 2.75) is 24.3 Å². The SMILES string of the molecule is CCC(NC(=O)CN(c1ccccc1F)S(=O)(=O)c1ccc(OC)cc1)c1ccc(OC)cc1. The summed E-state index contributed by atoms with van der Waals surface area (Å²) in [5.41, 5.74) is 0.623. The summed E-state index contributed by atoms with van der Waals surface area (Å²) in [7, 11) is -1.22. The summed E-state index contributed by atoms with van der Waals surface area (Å²) in [6, 6.07) is 18.0. The van der Waals surface area contributed by atoms with E-state index in [-0.39, 0.29) is 16.6 Å². The van der Waals surface area contributed by atoms with Gasteiger partial charge in [-0.25, -0.2) is 12.8 Å². The van der Waals surface area contributed by atoms with Crippen LogP contribution in [-0.4, -0.2) is 35.1 Å². The molecule has 0 saturated heterocycles. The molecule has 0 aliphatic heterocycles. The second-order valence-corrected chi connectivity index (χ2v) is 9.30. The molecule has 0 saturated carbocycles. The van der Waals surface area contributed by atoms with Crippen molar-refractivity contribution < 1.29 is 27.1 Å². The van der Waals surface area contributed by atoms with E-state index >= 15 is 0 Å². The predicted octanol–water partition coefficient (Wildman–Crippen LogP) is 4.31. The number of amides is 1. The zero-order valence-corrected chi connectivity index (χ0v) is 20.0. The zero-order valence-electron chi connectivity index (χ0n) is 19.2. The van der Waals surface area contributed by atoms with Crippen LogP contribution in [0, 0.1) is 5.82 Å². The van der Waals surface area contributed by atoms with Crippen LogP contribution in [0.5, 0.6) is 11.5 Å². The van der Waals surface area contributed by atoms with Crippen LogP contribution in [-0.2, 0) is 14.8 Å². The minimum atomic E-state index is -4.25. The van der Waals surface area contributed by atoms with Crippen LogP contribution < -0.4 is 19.1 Å². The van der Waals surface area contributed by atoms with Crippen molar-refractivity contribution in [1.82, 2.24) is 5.32 Å². The summed E-state index contributed by atoms with van der Waals surface area (Å²) in [5.74, 6) is -0.168. The number of sulfonamides is 1. The number of halogens is 1. The van der Waals surface area contributed by atoms with Crippen LogP contribution in [0.15, 0.2) is 77.7 Å². The minimum absolute atomic E-state index is 0.0912. The highest BCUT2D eigenvalue weighted by Gasteiger charge is 2.29. The van der Waals surface area contributed by atoms with E-state index < -0.39 is 28.3 Å². The third-order valence-corrected chi connectivity index (χ3v) is 7.09. The highest BCUT2D eigenvalue weighted by molar-refractivity contribution is 7.92. The first-order valence-corrected chi connectivity index (χ1v) is 12.1. The van der Waals surface area contributed by atoms with Gasteiger partial charge in [-0.1, -0.05) is 31.2 Å². The summed E-state index contributed by atoms with van der Waals surface area (Å²) >= 11 is 0. The van der Waals surface area contributed by atoms with Crippen LogP contribution in [0.25, 0.3) is 0 Å². The lowest BCUT2D eigenvalue weighted by Crippen LogP contribution is -2.42. The maximum absolute atomic E-state index is 14.7. The van der Waals surface area contributed by atoms with Gasteiger partial charge in [-0.2, -0.15) is 0 Å². The lowest BCUT2D eigenvalue weighted by molar-refractivity contribution is -0.120. The van der Waals surface area contributed by atoms with Crippen LogP contribution in [0.1, 0.15) is 24.9 Å². The Morgan fingerprint density at radius 2 is 1.50 bits per heavy atom. The van der Waals surface area contributed by atoms with E-state index in [4.69, 9.17) is 9.47 Å². The molecule has 0 fully saturated rings. The maximum Gasteiger partial charge on any atom is 0.264 e. The van der Waals surface area contributed by atoms with Crippen molar-refractivity contribution in [2.24, 2.45) is 0 Å². The Morgan fingerprint density at radius 1 is 0.941 bits per heavy atom. The Labute approximate surface area is 199 Å². The molecule has 0 aliphatic carbocycles. The van der Waals surface area contributed by atoms with E-state index in [9.17, 15) is 17.6 Å². The van der Waals surface area contributed by atoms with Gasteiger partial charge in [-0.05, 0) is 60.5 Å². The molecular weight excluding hydrogens is 459 g/mol.